The predicted molar refractivity (Wildman–Crippen MR) is 123 cm³/mol. The van der Waals surface area contributed by atoms with Crippen molar-refractivity contribution in [3.63, 3.8) is 0 Å². The van der Waals surface area contributed by atoms with Gasteiger partial charge in [0, 0.05) is 24.8 Å². The largest absolute Gasteiger partial charge is 0.352 e. The molecule has 0 saturated carbocycles. The van der Waals surface area contributed by atoms with Crippen LogP contribution in [0.15, 0.2) is 42.5 Å². The van der Waals surface area contributed by atoms with Crippen LogP contribution >= 0.6 is 30.8 Å². The molecule has 0 aliphatic rings. The zero-order valence-electron chi connectivity index (χ0n) is 17.0. The average molecular weight is 497 g/mol. The zero-order valence-corrected chi connectivity index (χ0v) is 20.2. The molecule has 0 aliphatic carbocycles. The summed E-state index contributed by atoms with van der Waals surface area (Å²) >= 11 is 11.6. The summed E-state index contributed by atoms with van der Waals surface area (Å²) < 4.78 is 54.7. The summed E-state index contributed by atoms with van der Waals surface area (Å²) in [5.41, 5.74) is 0.499. The van der Waals surface area contributed by atoms with Crippen molar-refractivity contribution in [2.75, 3.05) is 38.1 Å². The summed E-state index contributed by atoms with van der Waals surface area (Å²) in [6.45, 7) is 3.64. The number of halogens is 2. The first-order valence-corrected chi connectivity index (χ1v) is 13.7. The van der Waals surface area contributed by atoms with Crippen molar-refractivity contribution in [2.45, 2.75) is 19.6 Å². The van der Waals surface area contributed by atoms with Gasteiger partial charge in [0.05, 0.1) is 13.2 Å². The number of fused-ring (bicyclic) bond motifs is 1. The molecule has 0 aliphatic heterocycles. The van der Waals surface area contributed by atoms with Crippen molar-refractivity contribution in [1.29, 1.82) is 0 Å². The zero-order chi connectivity index (χ0) is 22.2. The van der Waals surface area contributed by atoms with Gasteiger partial charge in [-0.25, -0.2) is 0 Å². The predicted octanol–water partition coefficient (Wildman–Crippen LogP) is 4.72. The molecule has 0 amide bonds. The normalized spacial score (nSPS) is 13.8. The summed E-state index contributed by atoms with van der Waals surface area (Å²) in [5, 5.41) is 1.62. The number of benzene rings is 2. The number of nitrogens with one attached hydrogen (secondary N) is 1. The van der Waals surface area contributed by atoms with Crippen molar-refractivity contribution < 1.29 is 22.0 Å². The number of hydrogen-bond acceptors (Lipinski definition) is 5. The molecular weight excluding hydrogens is 470 g/mol. The molecule has 0 bridgehead atoms. The lowest BCUT2D eigenvalue weighted by molar-refractivity contribution is 0.210. The van der Waals surface area contributed by atoms with E-state index in [9.17, 15) is 13.0 Å². The third-order valence-corrected chi connectivity index (χ3v) is 8.69. The van der Waals surface area contributed by atoms with Crippen LogP contribution in [0.5, 0.6) is 0 Å². The maximum absolute atomic E-state index is 13.7. The number of rotatable bonds is 13. The first-order chi connectivity index (χ1) is 14.3. The van der Waals surface area contributed by atoms with Crippen molar-refractivity contribution in [2.24, 2.45) is 0 Å². The topological polar surface area (TPSA) is 84.9 Å². The highest BCUT2D eigenvalue weighted by atomic mass is 35.5. The maximum Gasteiger partial charge on any atom is 0.352 e. The second-order valence-corrected chi connectivity index (χ2v) is 10.8. The second-order valence-electron chi connectivity index (χ2n) is 6.25. The minimum absolute atomic E-state index is 0.0550. The van der Waals surface area contributed by atoms with E-state index in [0.29, 0.717) is 5.56 Å². The molecule has 30 heavy (non-hydrogen) atoms. The van der Waals surface area contributed by atoms with Gasteiger partial charge in [-0.05, 0) is 30.2 Å². The molecule has 0 aromatic heterocycles. The van der Waals surface area contributed by atoms with Crippen LogP contribution in [0.2, 0.25) is 0 Å². The minimum atomic E-state index is -4.10. The molecule has 0 spiro atoms. The van der Waals surface area contributed by atoms with Crippen LogP contribution in [0, 0.1) is 0 Å². The second kappa shape index (κ2) is 11.8. The first kappa shape index (κ1) is 25.6. The molecule has 0 fully saturated rings. The highest BCUT2D eigenvalue weighted by molar-refractivity contribution is 7.87. The van der Waals surface area contributed by atoms with Crippen LogP contribution in [-0.2, 0) is 23.8 Å². The van der Waals surface area contributed by atoms with Gasteiger partial charge in [0.15, 0.2) is 5.78 Å². The summed E-state index contributed by atoms with van der Waals surface area (Å²) in [6.07, 6.45) is 0. The molecular formula is C19H27Cl2N2O5PS. The van der Waals surface area contributed by atoms with E-state index < -0.39 is 23.6 Å². The highest BCUT2D eigenvalue weighted by Gasteiger charge is 2.41. The SMILES string of the molecule is CCOP(=O)(OCC)C(NS(=O)(=O)N(CCCl)CCCl)c1cccc2ccccc12. The lowest BCUT2D eigenvalue weighted by Crippen LogP contribution is -2.44. The van der Waals surface area contributed by atoms with Gasteiger partial charge < -0.3 is 9.05 Å². The van der Waals surface area contributed by atoms with E-state index >= 15 is 0 Å². The standard InChI is InChI=1S/C19H27Cl2N2O5PS/c1-3-27-29(24,28-4-2)19(22-30(25,26)23(14-12-20)15-13-21)18-11-7-9-16-8-5-6-10-17(16)18/h5-11,19,22H,3-4,12-15H2,1-2H3. The molecule has 1 N–H and O–H groups in total. The Morgan fingerprint density at radius 3 is 2.13 bits per heavy atom. The minimum Gasteiger partial charge on any atom is -0.308 e. The molecule has 168 valence electrons. The summed E-state index contributed by atoms with van der Waals surface area (Å²) in [7, 11) is -8.01. The fraction of sp³-hybridized carbons (Fsp3) is 0.474. The molecule has 2 rings (SSSR count). The first-order valence-electron chi connectivity index (χ1n) is 9.58. The third-order valence-electron chi connectivity index (χ3n) is 4.32. The van der Waals surface area contributed by atoms with Gasteiger partial charge in [-0.2, -0.15) is 17.4 Å². The van der Waals surface area contributed by atoms with Gasteiger partial charge in [0.25, 0.3) is 10.2 Å². The van der Waals surface area contributed by atoms with Gasteiger partial charge in [-0.15, -0.1) is 23.2 Å². The summed E-state index contributed by atoms with van der Waals surface area (Å²) in [4.78, 5) is 0. The number of nitrogens with zero attached hydrogens (tertiary/aromatic N) is 1. The van der Waals surface area contributed by atoms with E-state index in [4.69, 9.17) is 32.2 Å². The van der Waals surface area contributed by atoms with Gasteiger partial charge in [-0.1, -0.05) is 42.5 Å². The lowest BCUT2D eigenvalue weighted by Gasteiger charge is -2.30. The van der Waals surface area contributed by atoms with Crippen LogP contribution < -0.4 is 4.72 Å². The van der Waals surface area contributed by atoms with E-state index in [2.05, 4.69) is 4.72 Å². The smallest absolute Gasteiger partial charge is 0.308 e. The van der Waals surface area contributed by atoms with Crippen LogP contribution in [0.25, 0.3) is 10.8 Å². The summed E-state index contributed by atoms with van der Waals surface area (Å²) in [5.74, 6) is -1.07. The molecule has 0 heterocycles. The van der Waals surface area contributed by atoms with E-state index in [0.717, 1.165) is 15.1 Å². The van der Waals surface area contributed by atoms with E-state index in [1.165, 1.54) is 0 Å². The van der Waals surface area contributed by atoms with Gasteiger partial charge in [0.2, 0.25) is 0 Å². The Kier molecular flexibility index (Phi) is 10.0. The molecule has 2 aromatic carbocycles. The maximum atomic E-state index is 13.7. The van der Waals surface area contributed by atoms with Gasteiger partial charge in [0.1, 0.15) is 0 Å². The van der Waals surface area contributed by atoms with E-state index in [-0.39, 0.29) is 38.1 Å². The molecule has 2 aromatic rings. The quantitative estimate of drug-likeness (QED) is 0.320. The Labute approximate surface area is 188 Å². The fourth-order valence-corrected chi connectivity index (χ4v) is 7.49. The van der Waals surface area contributed by atoms with E-state index in [1.807, 2.05) is 30.3 Å². The third kappa shape index (κ3) is 6.17. The van der Waals surface area contributed by atoms with Crippen molar-refractivity contribution in [3.05, 3.63) is 48.0 Å². The summed E-state index contributed by atoms with van der Waals surface area (Å²) in [6, 6.07) is 12.8. The number of hydrogen-bond donors (Lipinski definition) is 1. The Hall–Kier alpha value is -0.700. The van der Waals surface area contributed by atoms with E-state index in [1.54, 1.807) is 26.0 Å². The van der Waals surface area contributed by atoms with Crippen LogP contribution in [0.1, 0.15) is 25.2 Å². The molecule has 7 nitrogen and oxygen atoms in total. The van der Waals surface area contributed by atoms with Gasteiger partial charge >= 0.3 is 7.60 Å². The molecule has 1 unspecified atom stereocenters. The van der Waals surface area contributed by atoms with Crippen molar-refractivity contribution in [3.8, 4) is 0 Å². The molecule has 0 saturated heterocycles. The lowest BCUT2D eigenvalue weighted by atomic mass is 10.0. The van der Waals surface area contributed by atoms with Crippen molar-refractivity contribution >= 4 is 51.8 Å². The van der Waals surface area contributed by atoms with Crippen LogP contribution in [0.4, 0.5) is 0 Å². The fourth-order valence-electron chi connectivity index (χ4n) is 3.09. The number of alkyl halides is 2. The Morgan fingerprint density at radius 1 is 1.00 bits per heavy atom. The average Bonchev–Trinajstić information content (AvgIpc) is 2.72. The Morgan fingerprint density at radius 2 is 1.57 bits per heavy atom. The Balaban J connectivity index is 2.63. The highest BCUT2D eigenvalue weighted by Crippen LogP contribution is 2.60. The molecule has 0 radical (unpaired) electrons. The van der Waals surface area contributed by atoms with Crippen LogP contribution in [0.3, 0.4) is 0 Å². The van der Waals surface area contributed by atoms with Crippen LogP contribution in [-0.4, -0.2) is 50.8 Å². The molecule has 11 heteroatoms. The van der Waals surface area contributed by atoms with Crippen molar-refractivity contribution in [1.82, 2.24) is 9.03 Å². The monoisotopic (exact) mass is 496 g/mol. The van der Waals surface area contributed by atoms with Gasteiger partial charge in [-0.3, -0.25) is 4.57 Å². The molecule has 1 atom stereocenters. The Bertz CT molecular complexity index is 955.